The predicted molar refractivity (Wildman–Crippen MR) is 129 cm³/mol. The smallest absolute Gasteiger partial charge is 0.238 e. The summed E-state index contributed by atoms with van der Waals surface area (Å²) in [5, 5.41) is 5.86. The van der Waals surface area contributed by atoms with Crippen LogP contribution in [0.5, 0.6) is 0 Å². The molecule has 1 aliphatic rings. The molecule has 0 aromatic heterocycles. The average molecular weight is 439 g/mol. The van der Waals surface area contributed by atoms with Crippen molar-refractivity contribution in [3.05, 3.63) is 53.6 Å². The van der Waals surface area contributed by atoms with E-state index in [0.29, 0.717) is 0 Å². The molecular weight excluding hydrogens is 404 g/mol. The van der Waals surface area contributed by atoms with Gasteiger partial charge < -0.3 is 20.3 Å². The van der Waals surface area contributed by atoms with Crippen molar-refractivity contribution in [3.8, 4) is 0 Å². The van der Waals surface area contributed by atoms with Gasteiger partial charge in [-0.25, -0.2) is 0 Å². The lowest BCUT2D eigenvalue weighted by Crippen LogP contribution is -2.45. The summed E-state index contributed by atoms with van der Waals surface area (Å²) in [6, 6.07) is 13.7. The SMILES string of the molecule is Cc1cccc(C)c1NC(=O)CN(C)CC(=O)Nc1ccc(N2CC(C)OC(C)C2)cc1. The maximum atomic E-state index is 12.4. The number of nitrogens with zero attached hydrogens (tertiary/aromatic N) is 2. The van der Waals surface area contributed by atoms with E-state index in [4.69, 9.17) is 4.74 Å². The topological polar surface area (TPSA) is 73.9 Å². The Bertz CT molecular complexity index is 914. The van der Waals surface area contributed by atoms with Crippen molar-refractivity contribution >= 4 is 28.9 Å². The lowest BCUT2D eigenvalue weighted by atomic mass is 10.1. The van der Waals surface area contributed by atoms with Gasteiger partial charge in [-0.15, -0.1) is 0 Å². The normalized spacial score (nSPS) is 18.5. The Balaban J connectivity index is 1.48. The molecule has 1 heterocycles. The molecule has 1 saturated heterocycles. The van der Waals surface area contributed by atoms with Crippen LogP contribution < -0.4 is 15.5 Å². The third kappa shape index (κ3) is 6.55. The Morgan fingerprint density at radius 1 is 0.938 bits per heavy atom. The third-order valence-corrected chi connectivity index (χ3v) is 5.51. The second-order valence-corrected chi connectivity index (χ2v) is 8.74. The summed E-state index contributed by atoms with van der Waals surface area (Å²) < 4.78 is 5.79. The average Bonchev–Trinajstić information content (AvgIpc) is 2.70. The number of likely N-dealkylation sites (N-methyl/N-ethyl adjacent to an activating group) is 1. The zero-order chi connectivity index (χ0) is 23.3. The molecule has 3 rings (SSSR count). The highest BCUT2D eigenvalue weighted by atomic mass is 16.5. The van der Waals surface area contributed by atoms with Gasteiger partial charge in [0.25, 0.3) is 0 Å². The first-order valence-corrected chi connectivity index (χ1v) is 11.1. The van der Waals surface area contributed by atoms with Crippen molar-refractivity contribution in [2.75, 3.05) is 48.8 Å². The van der Waals surface area contributed by atoms with E-state index in [-0.39, 0.29) is 37.1 Å². The number of carbonyl (C=O) groups is 2. The highest BCUT2D eigenvalue weighted by Crippen LogP contribution is 2.22. The first-order chi connectivity index (χ1) is 15.2. The Morgan fingerprint density at radius 2 is 1.47 bits per heavy atom. The number of para-hydroxylation sites is 1. The number of morpholine rings is 1. The van der Waals surface area contributed by atoms with Crippen molar-refractivity contribution in [2.45, 2.75) is 39.9 Å². The molecule has 2 N–H and O–H groups in total. The summed E-state index contributed by atoms with van der Waals surface area (Å²) in [5.74, 6) is -0.301. The molecular formula is C25H34N4O3. The van der Waals surface area contributed by atoms with Crippen molar-refractivity contribution in [1.82, 2.24) is 4.90 Å². The molecule has 172 valence electrons. The van der Waals surface area contributed by atoms with E-state index >= 15 is 0 Å². The molecule has 7 heteroatoms. The first-order valence-electron chi connectivity index (χ1n) is 11.1. The number of benzene rings is 2. The molecule has 2 aromatic carbocycles. The zero-order valence-electron chi connectivity index (χ0n) is 19.6. The van der Waals surface area contributed by atoms with Crippen LogP contribution in [-0.4, -0.2) is 62.1 Å². The van der Waals surface area contributed by atoms with Crippen LogP contribution in [0.1, 0.15) is 25.0 Å². The molecule has 2 atom stereocenters. The van der Waals surface area contributed by atoms with Crippen LogP contribution in [0.3, 0.4) is 0 Å². The van der Waals surface area contributed by atoms with Crippen molar-refractivity contribution in [3.63, 3.8) is 0 Å². The number of nitrogens with one attached hydrogen (secondary N) is 2. The highest BCUT2D eigenvalue weighted by Gasteiger charge is 2.22. The van der Waals surface area contributed by atoms with Crippen molar-refractivity contribution in [2.24, 2.45) is 0 Å². The summed E-state index contributed by atoms with van der Waals surface area (Å²) >= 11 is 0. The van der Waals surface area contributed by atoms with Gasteiger partial charge in [0.1, 0.15) is 0 Å². The number of rotatable bonds is 7. The van der Waals surface area contributed by atoms with Crippen LogP contribution >= 0.6 is 0 Å². The van der Waals surface area contributed by atoms with Crippen LogP contribution in [-0.2, 0) is 14.3 Å². The summed E-state index contributed by atoms with van der Waals surface area (Å²) in [5.41, 5.74) is 4.72. The number of hydrogen-bond donors (Lipinski definition) is 2. The van der Waals surface area contributed by atoms with Gasteiger partial charge in [0.15, 0.2) is 0 Å². The maximum Gasteiger partial charge on any atom is 0.238 e. The first kappa shape index (κ1) is 23.8. The molecule has 0 spiro atoms. The fraction of sp³-hybridized carbons (Fsp3) is 0.440. The second kappa shape index (κ2) is 10.6. The molecule has 2 aromatic rings. The van der Waals surface area contributed by atoms with E-state index in [1.807, 2.05) is 56.3 Å². The Kier molecular flexibility index (Phi) is 7.88. The number of carbonyl (C=O) groups excluding carboxylic acids is 2. The minimum absolute atomic E-state index is 0.125. The van der Waals surface area contributed by atoms with Gasteiger partial charge in [-0.3, -0.25) is 14.5 Å². The molecule has 0 aliphatic carbocycles. The molecule has 2 unspecified atom stereocenters. The van der Waals surface area contributed by atoms with E-state index in [9.17, 15) is 9.59 Å². The van der Waals surface area contributed by atoms with Crippen molar-refractivity contribution in [1.29, 1.82) is 0 Å². The molecule has 0 saturated carbocycles. The molecule has 0 bridgehead atoms. The van der Waals surface area contributed by atoms with Crippen LogP contribution in [0, 0.1) is 13.8 Å². The summed E-state index contributed by atoms with van der Waals surface area (Å²) in [6.45, 7) is 10.0. The standard InChI is InChI=1S/C25H34N4O3/c1-17-7-6-8-18(2)25(17)27-24(31)16-28(5)15-23(30)26-21-9-11-22(12-10-21)29-13-19(3)32-20(4)14-29/h6-12,19-20H,13-16H2,1-5H3,(H,26,30)(H,27,31). The van der Waals surface area contributed by atoms with Crippen LogP contribution in [0.15, 0.2) is 42.5 Å². The van der Waals surface area contributed by atoms with E-state index in [1.165, 1.54) is 0 Å². The van der Waals surface area contributed by atoms with Gasteiger partial charge in [0.2, 0.25) is 11.8 Å². The quantitative estimate of drug-likeness (QED) is 0.693. The predicted octanol–water partition coefficient (Wildman–Crippen LogP) is 3.43. The number of hydrogen-bond acceptors (Lipinski definition) is 5. The summed E-state index contributed by atoms with van der Waals surface area (Å²) in [6.07, 6.45) is 0.390. The molecule has 7 nitrogen and oxygen atoms in total. The minimum Gasteiger partial charge on any atom is -0.372 e. The lowest BCUT2D eigenvalue weighted by molar-refractivity contribution is -0.119. The molecule has 32 heavy (non-hydrogen) atoms. The van der Waals surface area contributed by atoms with E-state index in [0.717, 1.165) is 41.3 Å². The van der Waals surface area contributed by atoms with Gasteiger partial charge in [-0.1, -0.05) is 18.2 Å². The number of aryl methyl sites for hydroxylation is 2. The fourth-order valence-corrected chi connectivity index (χ4v) is 4.08. The highest BCUT2D eigenvalue weighted by molar-refractivity contribution is 5.95. The van der Waals surface area contributed by atoms with Crippen molar-refractivity contribution < 1.29 is 14.3 Å². The van der Waals surface area contributed by atoms with Crippen LogP contribution in [0.25, 0.3) is 0 Å². The maximum absolute atomic E-state index is 12.4. The second-order valence-electron chi connectivity index (χ2n) is 8.74. The number of ether oxygens (including phenoxy) is 1. The summed E-state index contributed by atoms with van der Waals surface area (Å²) in [4.78, 5) is 28.8. The van der Waals surface area contributed by atoms with Crippen LogP contribution in [0.2, 0.25) is 0 Å². The van der Waals surface area contributed by atoms with Gasteiger partial charge in [0, 0.05) is 30.2 Å². The zero-order valence-corrected chi connectivity index (χ0v) is 19.6. The van der Waals surface area contributed by atoms with E-state index < -0.39 is 0 Å². The number of anilines is 3. The summed E-state index contributed by atoms with van der Waals surface area (Å²) in [7, 11) is 1.76. The molecule has 0 radical (unpaired) electrons. The third-order valence-electron chi connectivity index (χ3n) is 5.51. The van der Waals surface area contributed by atoms with E-state index in [1.54, 1.807) is 11.9 Å². The Morgan fingerprint density at radius 3 is 2.03 bits per heavy atom. The Labute approximate surface area is 190 Å². The minimum atomic E-state index is -0.159. The molecule has 2 amide bonds. The van der Waals surface area contributed by atoms with Gasteiger partial charge in [0.05, 0.1) is 25.3 Å². The van der Waals surface area contributed by atoms with E-state index in [2.05, 4.69) is 29.4 Å². The lowest BCUT2D eigenvalue weighted by Gasteiger charge is -2.36. The Hall–Kier alpha value is -2.90. The largest absolute Gasteiger partial charge is 0.372 e. The number of amides is 2. The van der Waals surface area contributed by atoms with Gasteiger partial charge >= 0.3 is 0 Å². The monoisotopic (exact) mass is 438 g/mol. The molecule has 1 fully saturated rings. The van der Waals surface area contributed by atoms with Crippen LogP contribution in [0.4, 0.5) is 17.1 Å². The van der Waals surface area contributed by atoms with Gasteiger partial charge in [-0.05, 0) is 70.1 Å². The molecule has 1 aliphatic heterocycles. The fourth-order valence-electron chi connectivity index (χ4n) is 4.08. The van der Waals surface area contributed by atoms with Gasteiger partial charge in [-0.2, -0.15) is 0 Å².